The van der Waals surface area contributed by atoms with Crippen molar-refractivity contribution in [3.05, 3.63) is 65.7 Å². The molecule has 5 nitrogen and oxygen atoms in total. The number of benzene rings is 2. The van der Waals surface area contributed by atoms with Gasteiger partial charge in [0.05, 0.1) is 0 Å². The molecule has 2 aromatic carbocycles. The van der Waals surface area contributed by atoms with Crippen molar-refractivity contribution in [3.8, 4) is 0 Å². The van der Waals surface area contributed by atoms with Gasteiger partial charge in [0.25, 0.3) is 0 Å². The fraction of sp³-hybridized carbons (Fsp3) is 0.458. The summed E-state index contributed by atoms with van der Waals surface area (Å²) in [5, 5.41) is 0.842. The van der Waals surface area contributed by atoms with E-state index in [4.69, 9.17) is 18.9 Å². The van der Waals surface area contributed by atoms with E-state index in [1.54, 1.807) is 7.11 Å². The van der Waals surface area contributed by atoms with E-state index in [1.165, 1.54) is 17.1 Å². The Morgan fingerprint density at radius 1 is 1.17 bits per heavy atom. The molecule has 1 fully saturated rings. The van der Waals surface area contributed by atoms with Crippen molar-refractivity contribution in [1.29, 1.82) is 0 Å². The van der Waals surface area contributed by atoms with Gasteiger partial charge in [-0.25, -0.2) is 0 Å². The summed E-state index contributed by atoms with van der Waals surface area (Å²) in [5.41, 5.74) is 1.86. The van der Waals surface area contributed by atoms with Crippen LogP contribution in [-0.4, -0.2) is 48.5 Å². The molecule has 0 unspecified atom stereocenters. The number of rotatable bonds is 10. The minimum absolute atomic E-state index is 0.00279. The van der Waals surface area contributed by atoms with Crippen LogP contribution in [0.25, 0.3) is 0 Å². The number of ether oxygens (including phenoxy) is 4. The normalized spacial score (nSPS) is 22.0. The predicted octanol–water partition coefficient (Wildman–Crippen LogP) is 3.61. The second kappa shape index (κ2) is 11.1. The molecule has 6 heteroatoms. The van der Waals surface area contributed by atoms with Gasteiger partial charge in [-0.05, 0) is 0 Å². The molecule has 162 valence electrons. The fourth-order valence-corrected chi connectivity index (χ4v) is 6.59. The van der Waals surface area contributed by atoms with Crippen molar-refractivity contribution in [2.24, 2.45) is 5.92 Å². The zero-order chi connectivity index (χ0) is 21.4. The Hall–Kier alpha value is -1.69. The van der Waals surface area contributed by atoms with E-state index in [2.05, 4.69) is 43.3 Å². The van der Waals surface area contributed by atoms with E-state index in [-0.39, 0.29) is 39.7 Å². The van der Waals surface area contributed by atoms with Gasteiger partial charge in [-0.15, -0.1) is 0 Å². The number of hydrogen-bond donors (Lipinski definition) is 0. The van der Waals surface area contributed by atoms with E-state index >= 15 is 0 Å². The van der Waals surface area contributed by atoms with E-state index < -0.39 is 5.60 Å². The zero-order valence-corrected chi connectivity index (χ0v) is 19.5. The number of carbonyl (C=O) groups excluding carboxylic acids is 1. The van der Waals surface area contributed by atoms with Crippen LogP contribution in [0.3, 0.4) is 0 Å². The van der Waals surface area contributed by atoms with Crippen LogP contribution >= 0.6 is 0 Å². The molecule has 0 saturated carbocycles. The molecule has 0 radical (unpaired) electrons. The van der Waals surface area contributed by atoms with Crippen molar-refractivity contribution in [3.63, 3.8) is 0 Å². The van der Waals surface area contributed by atoms with Gasteiger partial charge in [0.2, 0.25) is 0 Å². The quantitative estimate of drug-likeness (QED) is 0.297. The third-order valence-electron chi connectivity index (χ3n) is 5.46. The first-order chi connectivity index (χ1) is 14.6. The molecular weight excluding hydrogens is 447 g/mol. The Morgan fingerprint density at radius 3 is 2.60 bits per heavy atom. The topological polar surface area (TPSA) is 54.0 Å². The van der Waals surface area contributed by atoms with E-state index in [1.807, 2.05) is 18.2 Å². The zero-order valence-electron chi connectivity index (χ0n) is 17.8. The molecule has 3 atom stereocenters. The maximum absolute atomic E-state index is 12.2. The fourth-order valence-electron chi connectivity index (χ4n) is 3.87. The summed E-state index contributed by atoms with van der Waals surface area (Å²) in [6, 6.07) is 18.7. The van der Waals surface area contributed by atoms with Gasteiger partial charge in [-0.3, -0.25) is 0 Å². The molecule has 0 bridgehead atoms. The van der Waals surface area contributed by atoms with Gasteiger partial charge in [0, 0.05) is 0 Å². The van der Waals surface area contributed by atoms with Crippen LogP contribution in [0, 0.1) is 5.92 Å². The molecule has 2 aromatic rings. The van der Waals surface area contributed by atoms with Crippen molar-refractivity contribution in [2.75, 3.05) is 27.6 Å². The van der Waals surface area contributed by atoms with E-state index in [0.717, 1.165) is 17.3 Å². The van der Waals surface area contributed by atoms with Gasteiger partial charge in [-0.2, -0.15) is 0 Å². The van der Waals surface area contributed by atoms with Crippen molar-refractivity contribution in [1.82, 2.24) is 0 Å². The third-order valence-corrected chi connectivity index (χ3v) is 8.17. The van der Waals surface area contributed by atoms with Crippen molar-refractivity contribution in [2.45, 2.75) is 36.8 Å². The average Bonchev–Trinajstić information content (AvgIpc) is 3.25. The van der Waals surface area contributed by atoms with E-state index in [9.17, 15) is 4.79 Å². The molecule has 0 spiro atoms. The van der Waals surface area contributed by atoms with Crippen LogP contribution in [0.1, 0.15) is 37.0 Å². The second-order valence-corrected chi connectivity index (χ2v) is 9.53. The Labute approximate surface area is 185 Å². The van der Waals surface area contributed by atoms with Crippen LogP contribution in [-0.2, 0) is 29.3 Å². The summed E-state index contributed by atoms with van der Waals surface area (Å²) in [5.74, 6) is -0.422. The Kier molecular flexibility index (Phi) is 8.49. The predicted molar refractivity (Wildman–Crippen MR) is 117 cm³/mol. The SMILES string of the molecule is CC[C@H](OCOC)c1ccccc1[Se]C[C@]1(c2ccccc2)C[C@@H](C(=O)OC)CO1. The van der Waals surface area contributed by atoms with Crippen molar-refractivity contribution < 1.29 is 23.7 Å². The second-order valence-electron chi connectivity index (χ2n) is 7.39. The molecule has 3 rings (SSSR count). The van der Waals surface area contributed by atoms with Crippen LogP contribution < -0.4 is 4.46 Å². The molecule has 0 amide bonds. The summed E-state index contributed by atoms with van der Waals surface area (Å²) in [7, 11) is 3.08. The summed E-state index contributed by atoms with van der Waals surface area (Å²) in [4.78, 5) is 12.2. The number of methoxy groups -OCH3 is 2. The summed E-state index contributed by atoms with van der Waals surface area (Å²) in [6.45, 7) is 2.79. The molecule has 1 aliphatic rings. The standard InChI is InChI=1S/C24H30O5Se/c1-4-21(28-17-26-2)20-12-8-9-13-22(20)30-16-24(19-10-6-5-7-11-19)14-18(15-29-24)23(25)27-3/h5-13,18,21H,4,14-17H2,1-3H3/t18-,21+,24+/m1/s1. The molecule has 0 aromatic heterocycles. The van der Waals surface area contributed by atoms with Gasteiger partial charge in [0.1, 0.15) is 0 Å². The van der Waals surface area contributed by atoms with Gasteiger partial charge >= 0.3 is 185 Å². The molecule has 1 heterocycles. The molecule has 1 saturated heterocycles. The first kappa shape index (κ1) is 23.0. The Bertz CT molecular complexity index is 812. The summed E-state index contributed by atoms with van der Waals surface area (Å²) >= 11 is 0.140. The maximum atomic E-state index is 12.2. The first-order valence-corrected chi connectivity index (χ1v) is 12.3. The van der Waals surface area contributed by atoms with Crippen LogP contribution in [0.5, 0.6) is 0 Å². The first-order valence-electron chi connectivity index (χ1n) is 10.2. The molecule has 1 aliphatic heterocycles. The molecule has 0 N–H and O–H groups in total. The van der Waals surface area contributed by atoms with Crippen LogP contribution in [0.4, 0.5) is 0 Å². The average molecular weight is 477 g/mol. The minimum atomic E-state index is -0.470. The third kappa shape index (κ3) is 5.32. The monoisotopic (exact) mass is 478 g/mol. The Balaban J connectivity index is 1.83. The number of hydrogen-bond acceptors (Lipinski definition) is 5. The summed E-state index contributed by atoms with van der Waals surface area (Å²) in [6.07, 6.45) is 1.52. The van der Waals surface area contributed by atoms with Gasteiger partial charge < -0.3 is 0 Å². The van der Waals surface area contributed by atoms with Gasteiger partial charge in [-0.1, -0.05) is 0 Å². The Morgan fingerprint density at radius 2 is 1.90 bits per heavy atom. The van der Waals surface area contributed by atoms with Crippen LogP contribution in [0.2, 0.25) is 5.32 Å². The summed E-state index contributed by atoms with van der Waals surface area (Å²) < 4.78 is 23.6. The van der Waals surface area contributed by atoms with E-state index in [0.29, 0.717) is 13.0 Å². The molecule has 30 heavy (non-hydrogen) atoms. The number of esters is 1. The van der Waals surface area contributed by atoms with Gasteiger partial charge in [0.15, 0.2) is 0 Å². The molecular formula is C24H30O5Se. The molecule has 0 aliphatic carbocycles. The van der Waals surface area contributed by atoms with Crippen LogP contribution in [0.15, 0.2) is 54.6 Å². The van der Waals surface area contributed by atoms with Crippen molar-refractivity contribution >= 4 is 25.4 Å². The number of carbonyl (C=O) groups is 1.